The van der Waals surface area contributed by atoms with Crippen molar-refractivity contribution in [3.05, 3.63) is 59.2 Å². The Hall–Kier alpha value is -2.67. The number of hydrogen-bond donors (Lipinski definition) is 1. The monoisotopic (exact) mass is 339 g/mol. The lowest BCUT2D eigenvalue weighted by atomic mass is 10.1. The predicted molar refractivity (Wildman–Crippen MR) is 94.8 cm³/mol. The van der Waals surface area contributed by atoms with E-state index in [1.807, 2.05) is 62.6 Å². The van der Waals surface area contributed by atoms with Crippen molar-refractivity contribution in [3.8, 4) is 5.69 Å². The van der Waals surface area contributed by atoms with Crippen LogP contribution in [-0.2, 0) is 0 Å². The fraction of sp³-hybridized carbons (Fsp3) is 0.176. The molecule has 3 rings (SSSR count). The first kappa shape index (κ1) is 16.2. The molecule has 0 saturated carbocycles. The third-order valence-electron chi connectivity index (χ3n) is 3.46. The van der Waals surface area contributed by atoms with E-state index in [9.17, 15) is 4.79 Å². The van der Waals surface area contributed by atoms with E-state index in [0.717, 1.165) is 16.8 Å². The van der Waals surface area contributed by atoms with Crippen molar-refractivity contribution in [3.63, 3.8) is 0 Å². The van der Waals surface area contributed by atoms with Crippen molar-refractivity contribution in [2.75, 3.05) is 11.6 Å². The van der Waals surface area contributed by atoms with Gasteiger partial charge in [-0.2, -0.15) is 4.68 Å². The summed E-state index contributed by atoms with van der Waals surface area (Å²) in [6.45, 7) is 3.96. The quantitative estimate of drug-likeness (QED) is 0.739. The Balaban J connectivity index is 1.86. The van der Waals surface area contributed by atoms with Gasteiger partial charge in [0.25, 0.3) is 5.91 Å². The van der Waals surface area contributed by atoms with Crippen molar-refractivity contribution in [1.82, 2.24) is 20.2 Å². The highest BCUT2D eigenvalue weighted by Gasteiger charge is 2.10. The molecule has 0 aliphatic rings. The second-order valence-corrected chi connectivity index (χ2v) is 6.23. The summed E-state index contributed by atoms with van der Waals surface area (Å²) in [7, 11) is 0. The van der Waals surface area contributed by atoms with Gasteiger partial charge in [-0.1, -0.05) is 35.0 Å². The van der Waals surface area contributed by atoms with Crippen LogP contribution in [0.4, 0.5) is 5.69 Å². The number of carbonyl (C=O) groups excluding carboxylic acids is 1. The highest BCUT2D eigenvalue weighted by molar-refractivity contribution is 7.98. The number of hydrogen-bond acceptors (Lipinski definition) is 5. The molecule has 1 amide bonds. The van der Waals surface area contributed by atoms with E-state index in [0.29, 0.717) is 16.4 Å². The van der Waals surface area contributed by atoms with Gasteiger partial charge in [-0.3, -0.25) is 4.79 Å². The summed E-state index contributed by atoms with van der Waals surface area (Å²) >= 11 is 1.46. The Morgan fingerprint density at radius 3 is 2.58 bits per heavy atom. The van der Waals surface area contributed by atoms with Crippen LogP contribution in [0.1, 0.15) is 21.5 Å². The van der Waals surface area contributed by atoms with Gasteiger partial charge in [0.05, 0.1) is 5.69 Å². The largest absolute Gasteiger partial charge is 0.322 e. The number of tetrazole rings is 1. The van der Waals surface area contributed by atoms with E-state index >= 15 is 0 Å². The molecule has 0 bridgehead atoms. The van der Waals surface area contributed by atoms with Gasteiger partial charge in [0.15, 0.2) is 0 Å². The standard InChI is InChI=1S/C17H17N5OS/c1-11-7-12(2)9-13(8-11)16(23)18-14-5-4-6-15(10-14)22-17(24-3)19-20-21-22/h4-10H,1-3H3,(H,18,23). The molecule has 2 aromatic carbocycles. The molecule has 0 fully saturated rings. The van der Waals surface area contributed by atoms with Crippen LogP contribution in [-0.4, -0.2) is 32.4 Å². The minimum atomic E-state index is -0.138. The zero-order chi connectivity index (χ0) is 17.1. The van der Waals surface area contributed by atoms with Gasteiger partial charge >= 0.3 is 0 Å². The molecule has 122 valence electrons. The normalized spacial score (nSPS) is 10.6. The second-order valence-electron chi connectivity index (χ2n) is 5.46. The van der Waals surface area contributed by atoms with E-state index in [1.165, 1.54) is 11.8 Å². The summed E-state index contributed by atoms with van der Waals surface area (Å²) in [5, 5.41) is 15.2. The summed E-state index contributed by atoms with van der Waals surface area (Å²) in [6.07, 6.45) is 1.91. The number of benzene rings is 2. The molecular formula is C17H17N5OS. The Morgan fingerprint density at radius 2 is 1.88 bits per heavy atom. The Kier molecular flexibility index (Phi) is 4.61. The zero-order valence-corrected chi connectivity index (χ0v) is 14.5. The number of rotatable bonds is 4. The minimum absolute atomic E-state index is 0.138. The van der Waals surface area contributed by atoms with Crippen LogP contribution in [0, 0.1) is 13.8 Å². The first-order valence-electron chi connectivity index (χ1n) is 7.39. The van der Waals surface area contributed by atoms with Gasteiger partial charge in [0.1, 0.15) is 0 Å². The molecule has 0 radical (unpaired) electrons. The highest BCUT2D eigenvalue weighted by Crippen LogP contribution is 2.19. The summed E-state index contributed by atoms with van der Waals surface area (Å²) in [5.41, 5.74) is 4.26. The number of aryl methyl sites for hydroxylation is 2. The summed E-state index contributed by atoms with van der Waals surface area (Å²) < 4.78 is 1.64. The van der Waals surface area contributed by atoms with Crippen molar-refractivity contribution in [2.45, 2.75) is 19.0 Å². The molecule has 0 aliphatic heterocycles. The topological polar surface area (TPSA) is 72.7 Å². The van der Waals surface area contributed by atoms with Crippen LogP contribution < -0.4 is 5.32 Å². The summed E-state index contributed by atoms with van der Waals surface area (Å²) in [4.78, 5) is 12.5. The van der Waals surface area contributed by atoms with Crippen LogP contribution in [0.2, 0.25) is 0 Å². The molecule has 7 heteroatoms. The Bertz CT molecular complexity index is 870. The van der Waals surface area contributed by atoms with Crippen molar-refractivity contribution < 1.29 is 4.79 Å². The molecule has 24 heavy (non-hydrogen) atoms. The number of aromatic nitrogens is 4. The van der Waals surface area contributed by atoms with E-state index < -0.39 is 0 Å². The SMILES string of the molecule is CSc1nnnn1-c1cccc(NC(=O)c2cc(C)cc(C)c2)c1. The van der Waals surface area contributed by atoms with Crippen LogP contribution >= 0.6 is 11.8 Å². The van der Waals surface area contributed by atoms with Gasteiger partial charge in [0.2, 0.25) is 5.16 Å². The molecule has 1 N–H and O–H groups in total. The molecule has 0 unspecified atom stereocenters. The lowest BCUT2D eigenvalue weighted by Gasteiger charge is -2.09. The third kappa shape index (κ3) is 3.46. The molecule has 1 heterocycles. The van der Waals surface area contributed by atoms with Gasteiger partial charge < -0.3 is 5.32 Å². The number of nitrogens with one attached hydrogen (secondary N) is 1. The second kappa shape index (κ2) is 6.84. The van der Waals surface area contributed by atoms with Gasteiger partial charge in [-0.05, 0) is 60.9 Å². The minimum Gasteiger partial charge on any atom is -0.322 e. The van der Waals surface area contributed by atoms with E-state index in [4.69, 9.17) is 0 Å². The smallest absolute Gasteiger partial charge is 0.255 e. The number of carbonyl (C=O) groups is 1. The number of amides is 1. The first-order valence-corrected chi connectivity index (χ1v) is 8.62. The maximum atomic E-state index is 12.5. The average Bonchev–Trinajstić information content (AvgIpc) is 3.03. The van der Waals surface area contributed by atoms with Crippen molar-refractivity contribution in [1.29, 1.82) is 0 Å². The van der Waals surface area contributed by atoms with Crippen LogP contribution in [0.5, 0.6) is 0 Å². The fourth-order valence-corrected chi connectivity index (χ4v) is 2.93. The lowest BCUT2D eigenvalue weighted by Crippen LogP contribution is -2.12. The molecule has 3 aromatic rings. The lowest BCUT2D eigenvalue weighted by molar-refractivity contribution is 0.102. The van der Waals surface area contributed by atoms with Crippen LogP contribution in [0.15, 0.2) is 47.6 Å². The van der Waals surface area contributed by atoms with Gasteiger partial charge in [-0.15, -0.1) is 5.10 Å². The Morgan fingerprint density at radius 1 is 1.12 bits per heavy atom. The van der Waals surface area contributed by atoms with Crippen LogP contribution in [0.25, 0.3) is 5.69 Å². The molecular weight excluding hydrogens is 322 g/mol. The molecule has 0 atom stereocenters. The molecule has 0 spiro atoms. The zero-order valence-electron chi connectivity index (χ0n) is 13.6. The third-order valence-corrected chi connectivity index (χ3v) is 4.08. The van der Waals surface area contributed by atoms with E-state index in [-0.39, 0.29) is 5.91 Å². The van der Waals surface area contributed by atoms with Crippen molar-refractivity contribution in [2.24, 2.45) is 0 Å². The maximum absolute atomic E-state index is 12.5. The fourth-order valence-electron chi connectivity index (χ4n) is 2.49. The number of thioether (sulfide) groups is 1. The van der Waals surface area contributed by atoms with E-state index in [2.05, 4.69) is 20.8 Å². The Labute approximate surface area is 144 Å². The first-order chi connectivity index (χ1) is 11.6. The van der Waals surface area contributed by atoms with Crippen LogP contribution in [0.3, 0.4) is 0 Å². The van der Waals surface area contributed by atoms with E-state index in [1.54, 1.807) is 4.68 Å². The van der Waals surface area contributed by atoms with Gasteiger partial charge in [-0.25, -0.2) is 0 Å². The maximum Gasteiger partial charge on any atom is 0.255 e. The van der Waals surface area contributed by atoms with Gasteiger partial charge in [0, 0.05) is 11.3 Å². The molecule has 1 aromatic heterocycles. The molecule has 6 nitrogen and oxygen atoms in total. The predicted octanol–water partition coefficient (Wildman–Crippen LogP) is 3.25. The summed E-state index contributed by atoms with van der Waals surface area (Å²) in [6, 6.07) is 13.2. The summed E-state index contributed by atoms with van der Waals surface area (Å²) in [5.74, 6) is -0.138. The average molecular weight is 339 g/mol. The molecule has 0 saturated heterocycles. The molecule has 0 aliphatic carbocycles. The van der Waals surface area contributed by atoms with Crippen molar-refractivity contribution >= 4 is 23.4 Å². The highest BCUT2D eigenvalue weighted by atomic mass is 32.2. The number of nitrogens with zero attached hydrogens (tertiary/aromatic N) is 4. The number of anilines is 1.